The molecule has 0 unspecified atom stereocenters. The first kappa shape index (κ1) is 13.2. The zero-order valence-electron chi connectivity index (χ0n) is 11.7. The molecule has 0 bridgehead atoms. The van der Waals surface area contributed by atoms with Crippen LogP contribution in [0.3, 0.4) is 0 Å². The molecule has 0 saturated carbocycles. The molecule has 1 aliphatic rings. The first-order valence-electron chi connectivity index (χ1n) is 6.91. The van der Waals surface area contributed by atoms with Gasteiger partial charge in [-0.25, -0.2) is 4.98 Å². The van der Waals surface area contributed by atoms with Gasteiger partial charge in [-0.3, -0.25) is 0 Å². The summed E-state index contributed by atoms with van der Waals surface area (Å²) >= 11 is 1.59. The number of hydrogen-bond donors (Lipinski definition) is 0. The average Bonchev–Trinajstić information content (AvgIpc) is 3.22. The van der Waals surface area contributed by atoms with Gasteiger partial charge in [0.1, 0.15) is 17.4 Å². The summed E-state index contributed by atoms with van der Waals surface area (Å²) < 4.78 is 16.4. The van der Waals surface area contributed by atoms with Gasteiger partial charge in [0.2, 0.25) is 6.79 Å². The molecular formula is C17H13NO3S. The van der Waals surface area contributed by atoms with Gasteiger partial charge in [0.15, 0.2) is 11.5 Å². The summed E-state index contributed by atoms with van der Waals surface area (Å²) in [6.45, 7) is 0.755. The van der Waals surface area contributed by atoms with Crippen LogP contribution in [0.4, 0.5) is 0 Å². The Morgan fingerprint density at radius 1 is 1.05 bits per heavy atom. The third-order valence-electron chi connectivity index (χ3n) is 3.33. The zero-order chi connectivity index (χ0) is 14.8. The van der Waals surface area contributed by atoms with Crippen LogP contribution in [0.5, 0.6) is 17.2 Å². The van der Waals surface area contributed by atoms with Crippen molar-refractivity contribution in [3.63, 3.8) is 0 Å². The summed E-state index contributed by atoms with van der Waals surface area (Å²) in [6.07, 6.45) is 0. The van der Waals surface area contributed by atoms with Gasteiger partial charge in [0.25, 0.3) is 0 Å². The predicted molar refractivity (Wildman–Crippen MR) is 84.4 cm³/mol. The highest BCUT2D eigenvalue weighted by molar-refractivity contribution is 7.09. The maximum absolute atomic E-state index is 5.72. The second kappa shape index (κ2) is 5.69. The summed E-state index contributed by atoms with van der Waals surface area (Å²) in [7, 11) is 0. The van der Waals surface area contributed by atoms with Crippen molar-refractivity contribution in [2.24, 2.45) is 0 Å². The van der Waals surface area contributed by atoms with E-state index in [1.165, 1.54) is 0 Å². The van der Waals surface area contributed by atoms with Gasteiger partial charge in [0.05, 0.1) is 5.69 Å². The Bertz CT molecular complexity index is 786. The highest BCUT2D eigenvalue weighted by atomic mass is 32.1. The lowest BCUT2D eigenvalue weighted by atomic mass is 10.1. The lowest BCUT2D eigenvalue weighted by Crippen LogP contribution is -1.94. The summed E-state index contributed by atoms with van der Waals surface area (Å²) in [5, 5.41) is 2.97. The van der Waals surface area contributed by atoms with E-state index in [0.29, 0.717) is 6.61 Å². The Morgan fingerprint density at radius 3 is 2.82 bits per heavy atom. The van der Waals surface area contributed by atoms with Crippen LogP contribution in [0.1, 0.15) is 5.01 Å². The molecule has 110 valence electrons. The van der Waals surface area contributed by atoms with E-state index < -0.39 is 0 Å². The molecule has 2 aromatic carbocycles. The Kier molecular flexibility index (Phi) is 3.40. The van der Waals surface area contributed by atoms with Gasteiger partial charge >= 0.3 is 0 Å². The van der Waals surface area contributed by atoms with Gasteiger partial charge in [-0.2, -0.15) is 0 Å². The van der Waals surface area contributed by atoms with Gasteiger partial charge < -0.3 is 14.2 Å². The molecule has 0 N–H and O–H groups in total. The van der Waals surface area contributed by atoms with Crippen LogP contribution in [0.2, 0.25) is 0 Å². The van der Waals surface area contributed by atoms with Crippen LogP contribution in [-0.2, 0) is 6.61 Å². The van der Waals surface area contributed by atoms with Crippen molar-refractivity contribution < 1.29 is 14.2 Å². The van der Waals surface area contributed by atoms with E-state index >= 15 is 0 Å². The largest absolute Gasteiger partial charge is 0.486 e. The molecular weight excluding hydrogens is 298 g/mol. The van der Waals surface area contributed by atoms with Gasteiger partial charge in [-0.15, -0.1) is 11.3 Å². The third-order valence-corrected chi connectivity index (χ3v) is 4.15. The molecule has 0 fully saturated rings. The summed E-state index contributed by atoms with van der Waals surface area (Å²) in [5.41, 5.74) is 1.95. The Labute approximate surface area is 131 Å². The summed E-state index contributed by atoms with van der Waals surface area (Å²) in [4.78, 5) is 4.62. The fraction of sp³-hybridized carbons (Fsp3) is 0.118. The number of nitrogens with zero attached hydrogens (tertiary/aromatic N) is 1. The zero-order valence-corrected chi connectivity index (χ0v) is 12.5. The van der Waals surface area contributed by atoms with Crippen molar-refractivity contribution in [2.75, 3.05) is 6.79 Å². The van der Waals surface area contributed by atoms with Crippen molar-refractivity contribution in [3.8, 4) is 28.5 Å². The molecule has 22 heavy (non-hydrogen) atoms. The Balaban J connectivity index is 1.49. The first-order chi connectivity index (χ1) is 10.9. The molecule has 0 aliphatic carbocycles. The average molecular weight is 311 g/mol. The summed E-state index contributed by atoms with van der Waals surface area (Å²) in [6, 6.07) is 15.6. The van der Waals surface area contributed by atoms with E-state index in [0.717, 1.165) is 33.5 Å². The van der Waals surface area contributed by atoms with Crippen molar-refractivity contribution in [3.05, 3.63) is 58.9 Å². The van der Waals surface area contributed by atoms with Gasteiger partial charge in [-0.05, 0) is 30.3 Å². The van der Waals surface area contributed by atoms with E-state index in [2.05, 4.69) is 4.98 Å². The van der Waals surface area contributed by atoms with Crippen LogP contribution in [0.15, 0.2) is 53.9 Å². The maximum atomic E-state index is 5.72. The fourth-order valence-corrected chi connectivity index (χ4v) is 2.94. The normalized spacial score (nSPS) is 12.4. The molecule has 3 aromatic rings. The molecule has 2 heterocycles. The minimum absolute atomic E-state index is 0.284. The minimum atomic E-state index is 0.284. The molecule has 1 aromatic heterocycles. The van der Waals surface area contributed by atoms with E-state index in [1.54, 1.807) is 11.3 Å². The second-order valence-electron chi connectivity index (χ2n) is 4.80. The van der Waals surface area contributed by atoms with E-state index in [9.17, 15) is 0 Å². The van der Waals surface area contributed by atoms with Crippen molar-refractivity contribution in [1.29, 1.82) is 0 Å². The Morgan fingerprint density at radius 2 is 1.91 bits per heavy atom. The predicted octanol–water partition coefficient (Wildman–Crippen LogP) is 4.12. The third kappa shape index (κ3) is 2.63. The topological polar surface area (TPSA) is 40.6 Å². The highest BCUT2D eigenvalue weighted by Gasteiger charge is 2.15. The van der Waals surface area contributed by atoms with Crippen molar-refractivity contribution >= 4 is 11.3 Å². The fourth-order valence-electron chi connectivity index (χ4n) is 2.23. The number of thiazole rings is 1. The van der Waals surface area contributed by atoms with Crippen LogP contribution in [0, 0.1) is 0 Å². The number of para-hydroxylation sites is 1. The SMILES string of the molecule is c1ccc(OCc2nc(-c3ccc4c(c3)OCO4)cs2)cc1. The molecule has 0 spiro atoms. The van der Waals surface area contributed by atoms with Crippen LogP contribution < -0.4 is 14.2 Å². The quantitative estimate of drug-likeness (QED) is 0.727. The van der Waals surface area contributed by atoms with Crippen molar-refractivity contribution in [2.45, 2.75) is 6.61 Å². The minimum Gasteiger partial charge on any atom is -0.486 e. The highest BCUT2D eigenvalue weighted by Crippen LogP contribution is 2.36. The first-order valence-corrected chi connectivity index (χ1v) is 7.79. The number of ether oxygens (including phenoxy) is 3. The van der Waals surface area contributed by atoms with E-state index in [4.69, 9.17) is 14.2 Å². The molecule has 0 amide bonds. The number of hydrogen-bond acceptors (Lipinski definition) is 5. The van der Waals surface area contributed by atoms with Crippen LogP contribution >= 0.6 is 11.3 Å². The molecule has 0 radical (unpaired) electrons. The standard InChI is InChI=1S/C17H13NO3S/c1-2-4-13(5-3-1)19-9-17-18-14(10-22-17)12-6-7-15-16(8-12)21-11-20-15/h1-8,10H,9,11H2. The molecule has 1 aliphatic heterocycles. The number of aromatic nitrogens is 1. The molecule has 0 atom stereocenters. The van der Waals surface area contributed by atoms with Gasteiger partial charge in [0, 0.05) is 10.9 Å². The number of rotatable bonds is 4. The van der Waals surface area contributed by atoms with E-state index in [-0.39, 0.29) is 6.79 Å². The van der Waals surface area contributed by atoms with Gasteiger partial charge in [-0.1, -0.05) is 18.2 Å². The number of fused-ring (bicyclic) bond motifs is 1. The second-order valence-corrected chi connectivity index (χ2v) is 5.74. The van der Waals surface area contributed by atoms with Crippen molar-refractivity contribution in [1.82, 2.24) is 4.98 Å². The summed E-state index contributed by atoms with van der Waals surface area (Å²) in [5.74, 6) is 2.40. The molecule has 4 nitrogen and oxygen atoms in total. The van der Waals surface area contributed by atoms with Crippen LogP contribution in [-0.4, -0.2) is 11.8 Å². The Hall–Kier alpha value is -2.53. The van der Waals surface area contributed by atoms with E-state index in [1.807, 2.05) is 53.9 Å². The monoisotopic (exact) mass is 311 g/mol. The number of benzene rings is 2. The lowest BCUT2D eigenvalue weighted by molar-refractivity contribution is 0.174. The lowest BCUT2D eigenvalue weighted by Gasteiger charge is -2.03. The van der Waals surface area contributed by atoms with Crippen LogP contribution in [0.25, 0.3) is 11.3 Å². The molecule has 5 heteroatoms. The maximum Gasteiger partial charge on any atom is 0.231 e. The smallest absolute Gasteiger partial charge is 0.231 e. The molecule has 0 saturated heterocycles. The molecule has 4 rings (SSSR count).